The fourth-order valence-corrected chi connectivity index (χ4v) is 0.953. The lowest BCUT2D eigenvalue weighted by Crippen LogP contribution is -2.16. The van der Waals surface area contributed by atoms with Crippen LogP contribution in [0.25, 0.3) is 0 Å². The van der Waals surface area contributed by atoms with Crippen LogP contribution in [0.5, 0.6) is 0 Å². The molecule has 0 rings (SSSR count). The molecule has 0 bridgehead atoms. The molecule has 0 fully saturated rings. The van der Waals surface area contributed by atoms with Crippen molar-refractivity contribution >= 4 is 13.8 Å². The highest BCUT2D eigenvalue weighted by Crippen LogP contribution is 2.36. The average Bonchev–Trinajstić information content (AvgIpc) is 1.81. The van der Waals surface area contributed by atoms with E-state index in [9.17, 15) is 9.36 Å². The van der Waals surface area contributed by atoms with Crippen molar-refractivity contribution in [2.75, 3.05) is 6.61 Å². The zero-order valence-electron chi connectivity index (χ0n) is 6.66. The predicted octanol–water partition coefficient (Wildman–Crippen LogP) is -1.24. The normalized spacial score (nSPS) is 13.8. The Labute approximate surface area is 74.2 Å². The first-order chi connectivity index (χ1) is 5.85. The van der Waals surface area contributed by atoms with Crippen molar-refractivity contribution in [1.82, 2.24) is 0 Å². The fourth-order valence-electron chi connectivity index (χ4n) is 0.613. The minimum absolute atomic E-state index is 0.0454. The Morgan fingerprint density at radius 1 is 1.46 bits per heavy atom. The van der Waals surface area contributed by atoms with E-state index >= 15 is 0 Å². The summed E-state index contributed by atoms with van der Waals surface area (Å²) in [6, 6.07) is 0. The minimum Gasteiger partial charge on any atom is -0.396 e. The highest BCUT2D eigenvalue weighted by atomic mass is 31.2. The number of carbonyl (C=O) groups is 1. The van der Waals surface area contributed by atoms with Gasteiger partial charge in [-0.3, -0.25) is 14.6 Å². The van der Waals surface area contributed by atoms with Crippen LogP contribution >= 0.6 is 7.82 Å². The number of rotatable bonds is 5. The van der Waals surface area contributed by atoms with E-state index in [2.05, 4.69) is 4.52 Å². The Morgan fingerprint density at radius 3 is 2.38 bits per heavy atom. The van der Waals surface area contributed by atoms with E-state index in [1.54, 1.807) is 0 Å². The van der Waals surface area contributed by atoms with Crippen molar-refractivity contribution in [3.05, 3.63) is 0 Å². The summed E-state index contributed by atoms with van der Waals surface area (Å²) in [7, 11) is -4.82. The fraction of sp³-hybridized carbons (Fsp3) is 0.800. The van der Waals surface area contributed by atoms with Crippen LogP contribution in [0, 0.1) is 0 Å². The minimum atomic E-state index is -4.82. The Bertz CT molecular complexity index is 209. The number of hydrogen-bond acceptors (Lipinski definition) is 5. The lowest BCUT2D eigenvalue weighted by atomic mass is 10.2. The van der Waals surface area contributed by atoms with Gasteiger partial charge in [-0.15, -0.1) is 0 Å². The molecular formula is C5H11O7P. The molecule has 0 aromatic rings. The van der Waals surface area contributed by atoms with Crippen LogP contribution in [-0.2, 0) is 13.9 Å². The molecule has 0 saturated carbocycles. The topological polar surface area (TPSA) is 124 Å². The third-order valence-corrected chi connectivity index (χ3v) is 1.53. The smallest absolute Gasteiger partial charge is 0.396 e. The van der Waals surface area contributed by atoms with Crippen LogP contribution in [-0.4, -0.2) is 38.7 Å². The average molecular weight is 214 g/mol. The van der Waals surface area contributed by atoms with Crippen molar-refractivity contribution in [3.8, 4) is 0 Å². The number of aliphatic hydroxyl groups excluding tert-OH is 2. The van der Waals surface area contributed by atoms with Gasteiger partial charge in [0.05, 0.1) is 12.5 Å². The third-order valence-electron chi connectivity index (χ3n) is 1.09. The van der Waals surface area contributed by atoms with E-state index in [0.29, 0.717) is 0 Å². The standard InChI is InChI=1S/C5H11O7P/c6-2-1-4(7)3-5(8)12-13(9,10)11/h4,6-7H,1-3H2,(H2,9,10,11). The molecule has 78 valence electrons. The molecule has 0 radical (unpaired) electrons. The number of phosphoric acid groups is 1. The molecule has 0 aliphatic carbocycles. The summed E-state index contributed by atoms with van der Waals surface area (Å²) in [6.07, 6.45) is -1.74. The van der Waals surface area contributed by atoms with Crippen LogP contribution in [0.3, 0.4) is 0 Å². The van der Waals surface area contributed by atoms with Crippen molar-refractivity contribution in [2.45, 2.75) is 18.9 Å². The summed E-state index contributed by atoms with van der Waals surface area (Å²) in [6.45, 7) is -0.315. The van der Waals surface area contributed by atoms with Crippen LogP contribution < -0.4 is 0 Å². The SMILES string of the molecule is O=C(CC(O)CCO)OP(=O)(O)O. The summed E-state index contributed by atoms with van der Waals surface area (Å²) in [5, 5.41) is 17.2. The zero-order chi connectivity index (χ0) is 10.5. The number of carbonyl (C=O) groups excluding carboxylic acids is 1. The number of aliphatic hydroxyl groups is 2. The molecule has 0 aromatic carbocycles. The molecule has 0 aromatic heterocycles. The quantitative estimate of drug-likeness (QED) is 0.421. The maximum absolute atomic E-state index is 10.6. The van der Waals surface area contributed by atoms with Gasteiger partial charge >= 0.3 is 13.8 Å². The Morgan fingerprint density at radius 2 is 2.00 bits per heavy atom. The van der Waals surface area contributed by atoms with E-state index in [0.717, 1.165) is 0 Å². The second-order valence-corrected chi connectivity index (χ2v) is 3.49. The first-order valence-corrected chi connectivity index (χ1v) is 4.95. The Hall–Kier alpha value is -0.460. The monoisotopic (exact) mass is 214 g/mol. The number of phosphoric ester groups is 1. The van der Waals surface area contributed by atoms with Gasteiger partial charge in [-0.1, -0.05) is 0 Å². The van der Waals surface area contributed by atoms with Crippen molar-refractivity contribution < 1.29 is 33.9 Å². The van der Waals surface area contributed by atoms with Gasteiger partial charge in [0, 0.05) is 6.61 Å². The molecule has 7 nitrogen and oxygen atoms in total. The molecule has 1 unspecified atom stereocenters. The van der Waals surface area contributed by atoms with E-state index in [1.165, 1.54) is 0 Å². The van der Waals surface area contributed by atoms with Gasteiger partial charge in [-0.25, -0.2) is 4.57 Å². The maximum Gasteiger partial charge on any atom is 0.526 e. The molecular weight excluding hydrogens is 203 g/mol. The first kappa shape index (κ1) is 12.5. The van der Waals surface area contributed by atoms with Crippen molar-refractivity contribution in [3.63, 3.8) is 0 Å². The summed E-state index contributed by atoms with van der Waals surface area (Å²) in [5.74, 6) is -1.20. The summed E-state index contributed by atoms with van der Waals surface area (Å²) in [4.78, 5) is 26.9. The van der Waals surface area contributed by atoms with E-state index < -0.39 is 26.3 Å². The van der Waals surface area contributed by atoms with E-state index in [-0.39, 0.29) is 13.0 Å². The largest absolute Gasteiger partial charge is 0.526 e. The Kier molecular flexibility index (Phi) is 5.12. The Balaban J connectivity index is 3.81. The van der Waals surface area contributed by atoms with Gasteiger partial charge in [0.15, 0.2) is 0 Å². The highest BCUT2D eigenvalue weighted by molar-refractivity contribution is 7.46. The second-order valence-electron chi connectivity index (χ2n) is 2.32. The summed E-state index contributed by atoms with van der Waals surface area (Å²) in [5.41, 5.74) is 0. The number of hydrogen-bond donors (Lipinski definition) is 4. The molecule has 13 heavy (non-hydrogen) atoms. The maximum atomic E-state index is 10.6. The molecule has 0 aliphatic rings. The zero-order valence-corrected chi connectivity index (χ0v) is 7.55. The van der Waals surface area contributed by atoms with Crippen molar-refractivity contribution in [1.29, 1.82) is 0 Å². The lowest BCUT2D eigenvalue weighted by molar-refractivity contribution is -0.137. The predicted molar refractivity (Wildman–Crippen MR) is 40.5 cm³/mol. The lowest BCUT2D eigenvalue weighted by Gasteiger charge is -2.08. The van der Waals surface area contributed by atoms with E-state index in [4.69, 9.17) is 20.0 Å². The molecule has 0 amide bonds. The second kappa shape index (κ2) is 5.31. The molecule has 1 atom stereocenters. The van der Waals surface area contributed by atoms with Gasteiger partial charge in [-0.05, 0) is 6.42 Å². The molecule has 0 spiro atoms. The van der Waals surface area contributed by atoms with Gasteiger partial charge in [-0.2, -0.15) is 0 Å². The molecule has 0 heterocycles. The van der Waals surface area contributed by atoms with Crippen LogP contribution in [0.2, 0.25) is 0 Å². The van der Waals surface area contributed by atoms with Gasteiger partial charge in [0.1, 0.15) is 0 Å². The van der Waals surface area contributed by atoms with Gasteiger partial charge < -0.3 is 14.7 Å². The first-order valence-electron chi connectivity index (χ1n) is 3.42. The van der Waals surface area contributed by atoms with Crippen LogP contribution in [0.15, 0.2) is 0 Å². The van der Waals surface area contributed by atoms with Crippen molar-refractivity contribution in [2.24, 2.45) is 0 Å². The van der Waals surface area contributed by atoms with Crippen LogP contribution in [0.1, 0.15) is 12.8 Å². The highest BCUT2D eigenvalue weighted by Gasteiger charge is 2.22. The van der Waals surface area contributed by atoms with Gasteiger partial charge in [0.25, 0.3) is 0 Å². The molecule has 0 saturated heterocycles. The summed E-state index contributed by atoms with van der Waals surface area (Å²) < 4.78 is 13.7. The van der Waals surface area contributed by atoms with E-state index in [1.807, 2.05) is 0 Å². The summed E-state index contributed by atoms with van der Waals surface area (Å²) >= 11 is 0. The molecule has 4 N–H and O–H groups in total. The van der Waals surface area contributed by atoms with Gasteiger partial charge in [0.2, 0.25) is 0 Å². The third kappa shape index (κ3) is 7.89. The molecule has 0 aliphatic heterocycles. The van der Waals surface area contributed by atoms with Crippen LogP contribution in [0.4, 0.5) is 0 Å². The molecule has 8 heteroatoms.